The Balaban J connectivity index is 2.26. The summed E-state index contributed by atoms with van der Waals surface area (Å²) in [6.45, 7) is 1.48. The number of imide groups is 1. The van der Waals surface area contributed by atoms with E-state index in [-0.39, 0.29) is 11.1 Å². The van der Waals surface area contributed by atoms with Crippen molar-refractivity contribution in [1.29, 1.82) is 0 Å². The lowest BCUT2D eigenvalue weighted by Crippen LogP contribution is -2.53. The van der Waals surface area contributed by atoms with Crippen LogP contribution in [0.1, 0.15) is 34.1 Å². The van der Waals surface area contributed by atoms with Crippen molar-refractivity contribution in [2.24, 2.45) is 0 Å². The maximum absolute atomic E-state index is 12.6. The number of benzene rings is 1. The lowest BCUT2D eigenvalue weighted by atomic mass is 10.1. The SMILES string of the molecule is COC(=O)[C@H](C)NC(=O)[C@@H](CCSC)N1C(=O)c2ccccc2C1=O. The Bertz CT molecular complexity index is 671. The molecule has 2 rings (SSSR count). The monoisotopic (exact) mass is 364 g/mol. The number of thioether (sulfide) groups is 1. The van der Waals surface area contributed by atoms with E-state index in [0.717, 1.165) is 4.90 Å². The molecular formula is C17H20N2O5S. The van der Waals surface area contributed by atoms with Gasteiger partial charge in [-0.25, -0.2) is 4.79 Å². The van der Waals surface area contributed by atoms with Gasteiger partial charge in [0.1, 0.15) is 12.1 Å². The Morgan fingerprint density at radius 2 is 1.76 bits per heavy atom. The van der Waals surface area contributed by atoms with Crippen LogP contribution in [0.5, 0.6) is 0 Å². The topological polar surface area (TPSA) is 92.8 Å². The van der Waals surface area contributed by atoms with Gasteiger partial charge in [0, 0.05) is 0 Å². The molecule has 134 valence electrons. The third-order valence-corrected chi connectivity index (χ3v) is 4.59. The Kier molecular flexibility index (Phi) is 6.19. The Hall–Kier alpha value is -2.35. The third kappa shape index (κ3) is 3.84. The van der Waals surface area contributed by atoms with E-state index in [4.69, 9.17) is 0 Å². The number of hydrogen-bond acceptors (Lipinski definition) is 6. The highest BCUT2D eigenvalue weighted by molar-refractivity contribution is 7.98. The van der Waals surface area contributed by atoms with Gasteiger partial charge in [0.05, 0.1) is 18.2 Å². The van der Waals surface area contributed by atoms with Crippen LogP contribution in [0.15, 0.2) is 24.3 Å². The predicted molar refractivity (Wildman–Crippen MR) is 93.3 cm³/mol. The van der Waals surface area contributed by atoms with Crippen molar-refractivity contribution >= 4 is 35.5 Å². The quantitative estimate of drug-likeness (QED) is 0.575. The first-order valence-corrected chi connectivity index (χ1v) is 9.15. The molecule has 1 aliphatic rings. The van der Waals surface area contributed by atoms with Crippen LogP contribution in [0.25, 0.3) is 0 Å². The second-order valence-electron chi connectivity index (χ2n) is 5.58. The van der Waals surface area contributed by atoms with Gasteiger partial charge in [0.25, 0.3) is 11.8 Å². The minimum absolute atomic E-state index is 0.287. The minimum Gasteiger partial charge on any atom is -0.467 e. The number of nitrogens with one attached hydrogen (secondary N) is 1. The first-order chi connectivity index (χ1) is 11.9. The van der Waals surface area contributed by atoms with Gasteiger partial charge in [-0.05, 0) is 37.5 Å². The molecule has 25 heavy (non-hydrogen) atoms. The molecule has 0 saturated carbocycles. The molecule has 1 aromatic rings. The molecule has 8 heteroatoms. The van der Waals surface area contributed by atoms with E-state index >= 15 is 0 Å². The van der Waals surface area contributed by atoms with E-state index in [1.807, 2.05) is 6.26 Å². The highest BCUT2D eigenvalue weighted by atomic mass is 32.2. The second-order valence-corrected chi connectivity index (χ2v) is 6.56. The molecule has 0 bridgehead atoms. The average Bonchev–Trinajstić information content (AvgIpc) is 2.86. The minimum atomic E-state index is -0.980. The maximum Gasteiger partial charge on any atom is 0.328 e. The Labute approximate surface area is 150 Å². The van der Waals surface area contributed by atoms with Gasteiger partial charge in [-0.2, -0.15) is 11.8 Å². The number of fused-ring (bicyclic) bond motifs is 1. The highest BCUT2D eigenvalue weighted by Crippen LogP contribution is 2.26. The smallest absolute Gasteiger partial charge is 0.328 e. The van der Waals surface area contributed by atoms with E-state index in [2.05, 4.69) is 10.1 Å². The van der Waals surface area contributed by atoms with Crippen molar-refractivity contribution in [3.63, 3.8) is 0 Å². The summed E-state index contributed by atoms with van der Waals surface area (Å²) >= 11 is 1.50. The van der Waals surface area contributed by atoms with Crippen molar-refractivity contribution < 1.29 is 23.9 Å². The number of amides is 3. The molecule has 3 amide bonds. The number of ether oxygens (including phenoxy) is 1. The van der Waals surface area contributed by atoms with Crippen LogP contribution in [0.3, 0.4) is 0 Å². The molecule has 0 unspecified atom stereocenters. The molecule has 0 aliphatic carbocycles. The summed E-state index contributed by atoms with van der Waals surface area (Å²) in [5.41, 5.74) is 0.575. The van der Waals surface area contributed by atoms with Gasteiger partial charge in [0.2, 0.25) is 5.91 Å². The zero-order valence-corrected chi connectivity index (χ0v) is 15.1. The number of hydrogen-bond donors (Lipinski definition) is 1. The summed E-state index contributed by atoms with van der Waals surface area (Å²) in [7, 11) is 1.22. The third-order valence-electron chi connectivity index (χ3n) is 3.95. The predicted octanol–water partition coefficient (Wildman–Crippen LogP) is 1.08. The molecular weight excluding hydrogens is 344 g/mol. The molecule has 1 aromatic carbocycles. The number of methoxy groups -OCH3 is 1. The molecule has 0 saturated heterocycles. The Morgan fingerprint density at radius 1 is 1.20 bits per heavy atom. The lowest BCUT2D eigenvalue weighted by Gasteiger charge is -2.26. The first kappa shape index (κ1) is 19.0. The summed E-state index contributed by atoms with van der Waals surface area (Å²) in [4.78, 5) is 50.4. The van der Waals surface area contributed by atoms with Crippen LogP contribution in [0.2, 0.25) is 0 Å². The lowest BCUT2D eigenvalue weighted by molar-refractivity contribution is -0.145. The zero-order valence-electron chi connectivity index (χ0n) is 14.3. The van der Waals surface area contributed by atoms with Crippen LogP contribution in [-0.4, -0.2) is 59.8 Å². The molecule has 0 radical (unpaired) electrons. The van der Waals surface area contributed by atoms with Crippen LogP contribution in [-0.2, 0) is 14.3 Å². The fraction of sp³-hybridized carbons (Fsp3) is 0.412. The summed E-state index contributed by atoms with van der Waals surface area (Å²) in [6, 6.07) is 4.62. The van der Waals surface area contributed by atoms with Crippen molar-refractivity contribution in [2.75, 3.05) is 19.1 Å². The van der Waals surface area contributed by atoms with Crippen LogP contribution in [0, 0.1) is 0 Å². The number of rotatable bonds is 7. The van der Waals surface area contributed by atoms with Gasteiger partial charge >= 0.3 is 5.97 Å². The highest BCUT2D eigenvalue weighted by Gasteiger charge is 2.42. The van der Waals surface area contributed by atoms with Crippen LogP contribution >= 0.6 is 11.8 Å². The van der Waals surface area contributed by atoms with E-state index in [9.17, 15) is 19.2 Å². The van der Waals surface area contributed by atoms with E-state index in [0.29, 0.717) is 12.2 Å². The van der Waals surface area contributed by atoms with Gasteiger partial charge in [0.15, 0.2) is 0 Å². The summed E-state index contributed by atoms with van der Waals surface area (Å²) in [5.74, 6) is -1.56. The maximum atomic E-state index is 12.6. The normalized spacial score (nSPS) is 15.6. The molecule has 0 aromatic heterocycles. The summed E-state index contributed by atoms with van der Waals surface area (Å²) < 4.78 is 4.59. The number of carbonyl (C=O) groups excluding carboxylic acids is 4. The summed E-state index contributed by atoms with van der Waals surface area (Å²) in [6.07, 6.45) is 2.17. The van der Waals surface area contributed by atoms with Gasteiger partial charge < -0.3 is 10.1 Å². The number of esters is 1. The molecule has 7 nitrogen and oxygen atoms in total. The van der Waals surface area contributed by atoms with Gasteiger partial charge in [-0.3, -0.25) is 19.3 Å². The summed E-state index contributed by atoms with van der Waals surface area (Å²) in [5, 5.41) is 2.52. The van der Waals surface area contributed by atoms with Crippen molar-refractivity contribution in [2.45, 2.75) is 25.4 Å². The molecule has 1 N–H and O–H groups in total. The second kappa shape index (κ2) is 8.15. The molecule has 2 atom stereocenters. The van der Waals surface area contributed by atoms with Crippen molar-refractivity contribution in [3.8, 4) is 0 Å². The fourth-order valence-corrected chi connectivity index (χ4v) is 3.10. The van der Waals surface area contributed by atoms with Crippen molar-refractivity contribution in [1.82, 2.24) is 10.2 Å². The Morgan fingerprint density at radius 3 is 2.24 bits per heavy atom. The van der Waals surface area contributed by atoms with Crippen molar-refractivity contribution in [3.05, 3.63) is 35.4 Å². The first-order valence-electron chi connectivity index (χ1n) is 7.76. The molecule has 0 spiro atoms. The largest absolute Gasteiger partial charge is 0.467 e. The van der Waals surface area contributed by atoms with E-state index in [1.54, 1.807) is 24.3 Å². The zero-order chi connectivity index (χ0) is 18.6. The van der Waals surface area contributed by atoms with Gasteiger partial charge in [-0.1, -0.05) is 12.1 Å². The van der Waals surface area contributed by atoms with Gasteiger partial charge in [-0.15, -0.1) is 0 Å². The van der Waals surface area contributed by atoms with E-state index < -0.39 is 35.8 Å². The van der Waals surface area contributed by atoms with Crippen LogP contribution < -0.4 is 5.32 Å². The molecule has 1 heterocycles. The standard InChI is InChI=1S/C17H20N2O5S/c1-10(17(23)24-2)18-14(20)13(8-9-25-3)19-15(21)11-6-4-5-7-12(11)16(19)22/h4-7,10,13H,8-9H2,1-3H3,(H,18,20)/t10-,13+/m0/s1. The van der Waals surface area contributed by atoms with E-state index in [1.165, 1.54) is 25.8 Å². The molecule has 1 aliphatic heterocycles. The number of carbonyl (C=O) groups is 4. The van der Waals surface area contributed by atoms with Crippen LogP contribution in [0.4, 0.5) is 0 Å². The average molecular weight is 364 g/mol. The fourth-order valence-electron chi connectivity index (χ4n) is 2.64. The number of nitrogens with zero attached hydrogens (tertiary/aromatic N) is 1. The molecule has 0 fully saturated rings.